The number of hydrogen-bond acceptors (Lipinski definition) is 2. The highest BCUT2D eigenvalue weighted by Crippen LogP contribution is 2.49. The number of ether oxygens (including phenoxy) is 2. The maximum Gasteiger partial charge on any atom is 0.231 e. The Hall–Kier alpha value is -1.18. The summed E-state index contributed by atoms with van der Waals surface area (Å²) in [5, 5.41) is 0. The normalized spacial score (nSPS) is 21.6. The van der Waals surface area contributed by atoms with E-state index in [0.29, 0.717) is 12.2 Å². The molecule has 0 amide bonds. The molecule has 1 aromatic carbocycles. The third-order valence-electron chi connectivity index (χ3n) is 3.07. The minimum atomic E-state index is 0.371. The van der Waals surface area contributed by atoms with Gasteiger partial charge in [0.1, 0.15) is 0 Å². The molecule has 1 fully saturated rings. The van der Waals surface area contributed by atoms with Crippen LogP contribution in [0, 0.1) is 0 Å². The van der Waals surface area contributed by atoms with Gasteiger partial charge in [-0.1, -0.05) is 13.0 Å². The minimum Gasteiger partial charge on any atom is -0.454 e. The monoisotopic (exact) mass is 176 g/mol. The SMILES string of the molecule is CC1(c2ccc3c(c2)OCO3)CC1. The van der Waals surface area contributed by atoms with Gasteiger partial charge in [0.2, 0.25) is 6.79 Å². The second-order valence-electron chi connectivity index (χ2n) is 4.13. The molecule has 2 heteroatoms. The first-order valence-corrected chi connectivity index (χ1v) is 4.68. The summed E-state index contributed by atoms with van der Waals surface area (Å²) in [4.78, 5) is 0. The molecule has 1 aliphatic heterocycles. The lowest BCUT2D eigenvalue weighted by atomic mass is 9.98. The topological polar surface area (TPSA) is 18.5 Å². The zero-order chi connectivity index (χ0) is 8.89. The predicted octanol–water partition coefficient (Wildman–Crippen LogP) is 2.47. The fourth-order valence-corrected chi connectivity index (χ4v) is 1.75. The van der Waals surface area contributed by atoms with E-state index in [1.54, 1.807) is 0 Å². The van der Waals surface area contributed by atoms with Crippen LogP contribution < -0.4 is 9.47 Å². The van der Waals surface area contributed by atoms with Crippen molar-refractivity contribution < 1.29 is 9.47 Å². The largest absolute Gasteiger partial charge is 0.454 e. The predicted molar refractivity (Wildman–Crippen MR) is 49.2 cm³/mol. The number of fused-ring (bicyclic) bond motifs is 1. The van der Waals surface area contributed by atoms with Gasteiger partial charge in [0, 0.05) is 0 Å². The van der Waals surface area contributed by atoms with Crippen LogP contribution in [0.1, 0.15) is 25.3 Å². The van der Waals surface area contributed by atoms with E-state index in [9.17, 15) is 0 Å². The van der Waals surface area contributed by atoms with Crippen LogP contribution in [-0.2, 0) is 5.41 Å². The highest BCUT2D eigenvalue weighted by molar-refractivity contribution is 5.47. The lowest BCUT2D eigenvalue weighted by Gasteiger charge is -2.08. The fraction of sp³-hybridized carbons (Fsp3) is 0.455. The molecule has 0 unspecified atom stereocenters. The molecule has 0 atom stereocenters. The quantitative estimate of drug-likeness (QED) is 0.654. The van der Waals surface area contributed by atoms with Crippen molar-refractivity contribution in [3.05, 3.63) is 23.8 Å². The Morgan fingerprint density at radius 3 is 2.69 bits per heavy atom. The van der Waals surface area contributed by atoms with Crippen LogP contribution in [0.4, 0.5) is 0 Å². The Kier molecular flexibility index (Phi) is 1.22. The van der Waals surface area contributed by atoms with Crippen molar-refractivity contribution in [2.75, 3.05) is 6.79 Å². The average Bonchev–Trinajstić information content (AvgIpc) is 2.74. The van der Waals surface area contributed by atoms with Crippen LogP contribution in [0.25, 0.3) is 0 Å². The van der Waals surface area contributed by atoms with Gasteiger partial charge in [-0.2, -0.15) is 0 Å². The van der Waals surface area contributed by atoms with E-state index < -0.39 is 0 Å². The number of benzene rings is 1. The van der Waals surface area contributed by atoms with Crippen LogP contribution >= 0.6 is 0 Å². The van der Waals surface area contributed by atoms with E-state index in [4.69, 9.17) is 9.47 Å². The van der Waals surface area contributed by atoms with E-state index in [-0.39, 0.29) is 0 Å². The molecule has 0 saturated heterocycles. The second-order valence-corrected chi connectivity index (χ2v) is 4.13. The molecular formula is C11H12O2. The number of rotatable bonds is 1. The van der Waals surface area contributed by atoms with E-state index in [0.717, 1.165) is 11.5 Å². The number of hydrogen-bond donors (Lipinski definition) is 0. The van der Waals surface area contributed by atoms with Gasteiger partial charge >= 0.3 is 0 Å². The minimum absolute atomic E-state index is 0.371. The van der Waals surface area contributed by atoms with E-state index in [1.807, 2.05) is 6.07 Å². The van der Waals surface area contributed by atoms with Gasteiger partial charge in [-0.05, 0) is 36.0 Å². The third-order valence-corrected chi connectivity index (χ3v) is 3.07. The summed E-state index contributed by atoms with van der Waals surface area (Å²) in [6.07, 6.45) is 2.60. The molecule has 68 valence electrons. The lowest BCUT2D eigenvalue weighted by molar-refractivity contribution is 0.174. The highest BCUT2D eigenvalue weighted by Gasteiger charge is 2.39. The molecule has 0 aromatic heterocycles. The van der Waals surface area contributed by atoms with Crippen LogP contribution in [0.15, 0.2) is 18.2 Å². The molecule has 0 radical (unpaired) electrons. The van der Waals surface area contributed by atoms with Crippen molar-refractivity contribution >= 4 is 0 Å². The molecule has 0 spiro atoms. The second kappa shape index (κ2) is 2.19. The molecule has 1 aliphatic carbocycles. The van der Waals surface area contributed by atoms with Crippen LogP contribution in [-0.4, -0.2) is 6.79 Å². The first-order chi connectivity index (χ1) is 6.28. The van der Waals surface area contributed by atoms with Gasteiger partial charge < -0.3 is 9.47 Å². The van der Waals surface area contributed by atoms with Gasteiger partial charge in [0.05, 0.1) is 0 Å². The first kappa shape index (κ1) is 7.25. The van der Waals surface area contributed by atoms with E-state index in [2.05, 4.69) is 19.1 Å². The average molecular weight is 176 g/mol. The maximum atomic E-state index is 5.34. The molecule has 2 aliphatic rings. The first-order valence-electron chi connectivity index (χ1n) is 4.68. The van der Waals surface area contributed by atoms with E-state index in [1.165, 1.54) is 18.4 Å². The molecule has 0 bridgehead atoms. The molecule has 3 rings (SSSR count). The molecule has 1 heterocycles. The van der Waals surface area contributed by atoms with Crippen molar-refractivity contribution in [3.8, 4) is 11.5 Å². The summed E-state index contributed by atoms with van der Waals surface area (Å²) < 4.78 is 10.6. The van der Waals surface area contributed by atoms with Gasteiger partial charge in [-0.3, -0.25) is 0 Å². The summed E-state index contributed by atoms with van der Waals surface area (Å²) in [6.45, 7) is 2.67. The molecule has 2 nitrogen and oxygen atoms in total. The Morgan fingerprint density at radius 1 is 1.15 bits per heavy atom. The molecule has 13 heavy (non-hydrogen) atoms. The van der Waals surface area contributed by atoms with Gasteiger partial charge in [-0.15, -0.1) is 0 Å². The summed E-state index contributed by atoms with van der Waals surface area (Å²) >= 11 is 0. The standard InChI is InChI=1S/C11H12O2/c1-11(4-5-11)8-2-3-9-10(6-8)13-7-12-9/h2-3,6H,4-5,7H2,1H3. The lowest BCUT2D eigenvalue weighted by Crippen LogP contribution is -1.98. The third kappa shape index (κ3) is 1.01. The molecule has 1 aromatic rings. The van der Waals surface area contributed by atoms with Crippen LogP contribution in [0.3, 0.4) is 0 Å². The van der Waals surface area contributed by atoms with Crippen molar-refractivity contribution in [3.63, 3.8) is 0 Å². The van der Waals surface area contributed by atoms with Gasteiger partial charge in [0.15, 0.2) is 11.5 Å². The zero-order valence-corrected chi connectivity index (χ0v) is 7.67. The fourth-order valence-electron chi connectivity index (χ4n) is 1.75. The molecular weight excluding hydrogens is 164 g/mol. The smallest absolute Gasteiger partial charge is 0.231 e. The highest BCUT2D eigenvalue weighted by atomic mass is 16.7. The van der Waals surface area contributed by atoms with Crippen molar-refractivity contribution in [2.45, 2.75) is 25.2 Å². The zero-order valence-electron chi connectivity index (χ0n) is 7.67. The van der Waals surface area contributed by atoms with Gasteiger partial charge in [-0.25, -0.2) is 0 Å². The van der Waals surface area contributed by atoms with Crippen LogP contribution in [0.2, 0.25) is 0 Å². The van der Waals surface area contributed by atoms with E-state index >= 15 is 0 Å². The molecule has 1 saturated carbocycles. The Labute approximate surface area is 77.5 Å². The Balaban J connectivity index is 2.05. The van der Waals surface area contributed by atoms with Gasteiger partial charge in [0.25, 0.3) is 0 Å². The van der Waals surface area contributed by atoms with Crippen molar-refractivity contribution in [1.29, 1.82) is 0 Å². The maximum absolute atomic E-state index is 5.34. The molecule has 0 N–H and O–H groups in total. The van der Waals surface area contributed by atoms with Crippen LogP contribution in [0.5, 0.6) is 11.5 Å². The van der Waals surface area contributed by atoms with Crippen molar-refractivity contribution in [2.24, 2.45) is 0 Å². The van der Waals surface area contributed by atoms with Crippen molar-refractivity contribution in [1.82, 2.24) is 0 Å². The summed E-state index contributed by atoms with van der Waals surface area (Å²) in [5.74, 6) is 1.79. The summed E-state index contributed by atoms with van der Waals surface area (Å²) in [7, 11) is 0. The summed E-state index contributed by atoms with van der Waals surface area (Å²) in [6, 6.07) is 6.29. The summed E-state index contributed by atoms with van der Waals surface area (Å²) in [5.41, 5.74) is 1.80. The Morgan fingerprint density at radius 2 is 1.92 bits per heavy atom. The Bertz CT molecular complexity index is 353.